The van der Waals surface area contributed by atoms with Gasteiger partial charge in [0.15, 0.2) is 0 Å². The van der Waals surface area contributed by atoms with Crippen molar-refractivity contribution in [2.45, 2.75) is 0 Å². The second-order valence-corrected chi connectivity index (χ2v) is 15.3. The monoisotopic (exact) mass is 764 g/mol. The van der Waals surface area contributed by atoms with Gasteiger partial charge in [-0.2, -0.15) is 0 Å². The molecule has 2 heteroatoms. The van der Waals surface area contributed by atoms with Crippen molar-refractivity contribution in [1.29, 1.82) is 0 Å². The number of hydrogen-bond donors (Lipinski definition) is 0. The lowest BCUT2D eigenvalue weighted by atomic mass is 9.96. The third-order valence-corrected chi connectivity index (χ3v) is 11.8. The summed E-state index contributed by atoms with van der Waals surface area (Å²) < 4.78 is 2.43. The number of rotatable bonds is 8. The van der Waals surface area contributed by atoms with Gasteiger partial charge in [-0.1, -0.05) is 188 Å². The molecule has 0 saturated carbocycles. The molecule has 0 amide bonds. The van der Waals surface area contributed by atoms with Gasteiger partial charge in [-0.05, 0) is 104 Å². The van der Waals surface area contributed by atoms with Crippen molar-refractivity contribution in [3.63, 3.8) is 0 Å². The quantitative estimate of drug-likeness (QED) is 0.150. The minimum Gasteiger partial charge on any atom is -0.308 e. The van der Waals surface area contributed by atoms with Crippen molar-refractivity contribution < 1.29 is 0 Å². The summed E-state index contributed by atoms with van der Waals surface area (Å²) in [4.78, 5) is 2.44. The Labute approximate surface area is 350 Å². The maximum absolute atomic E-state index is 2.44. The zero-order valence-corrected chi connectivity index (χ0v) is 33.0. The molecule has 0 spiro atoms. The average Bonchev–Trinajstić information content (AvgIpc) is 3.67. The fourth-order valence-electron chi connectivity index (χ4n) is 8.87. The molecule has 0 fully saturated rings. The molecule has 0 atom stereocenters. The highest BCUT2D eigenvalue weighted by Gasteiger charge is 2.22. The lowest BCUT2D eigenvalue weighted by molar-refractivity contribution is 1.15. The number of hydrogen-bond acceptors (Lipinski definition) is 1. The van der Waals surface area contributed by atoms with Gasteiger partial charge < -0.3 is 9.47 Å². The molecule has 2 nitrogen and oxygen atoms in total. The first-order valence-electron chi connectivity index (χ1n) is 20.6. The van der Waals surface area contributed by atoms with Gasteiger partial charge in [0.2, 0.25) is 0 Å². The molecule has 0 aliphatic carbocycles. The maximum atomic E-state index is 2.44. The Kier molecular flexibility index (Phi) is 8.87. The fraction of sp³-hybridized carbons (Fsp3) is 0. The fourth-order valence-corrected chi connectivity index (χ4v) is 8.87. The normalized spacial score (nSPS) is 11.3. The van der Waals surface area contributed by atoms with E-state index in [1.807, 2.05) is 0 Å². The number of para-hydroxylation sites is 5. The predicted octanol–water partition coefficient (Wildman–Crippen LogP) is 16.1. The first-order chi connectivity index (χ1) is 29.8. The minimum atomic E-state index is 1.08. The highest BCUT2D eigenvalue weighted by atomic mass is 15.2. The van der Waals surface area contributed by atoms with Crippen molar-refractivity contribution in [3.05, 3.63) is 243 Å². The first kappa shape index (κ1) is 35.2. The second-order valence-electron chi connectivity index (χ2n) is 15.3. The zero-order chi connectivity index (χ0) is 39.8. The molecule has 1 aromatic heterocycles. The molecule has 11 rings (SSSR count). The largest absolute Gasteiger partial charge is 0.308 e. The summed E-state index contributed by atoms with van der Waals surface area (Å²) in [6.45, 7) is 0. The molecule has 0 aliphatic rings. The highest BCUT2D eigenvalue weighted by Crippen LogP contribution is 2.45. The Morgan fingerprint density at radius 2 is 0.767 bits per heavy atom. The molecule has 0 saturated heterocycles. The summed E-state index contributed by atoms with van der Waals surface area (Å²) >= 11 is 0. The van der Waals surface area contributed by atoms with Crippen LogP contribution in [0.1, 0.15) is 0 Å². The van der Waals surface area contributed by atoms with Crippen molar-refractivity contribution in [3.8, 4) is 50.2 Å². The molecule has 282 valence electrons. The molecular formula is C58H40N2. The van der Waals surface area contributed by atoms with Crippen LogP contribution in [0.5, 0.6) is 0 Å². The smallest absolute Gasteiger partial charge is 0.0702 e. The molecule has 0 N–H and O–H groups in total. The van der Waals surface area contributed by atoms with E-state index in [-0.39, 0.29) is 0 Å². The van der Waals surface area contributed by atoms with Crippen LogP contribution in [0.3, 0.4) is 0 Å². The number of fused-ring (bicyclic) bond motifs is 4. The third kappa shape index (κ3) is 6.32. The topological polar surface area (TPSA) is 8.17 Å². The van der Waals surface area contributed by atoms with Crippen LogP contribution in [0, 0.1) is 0 Å². The highest BCUT2D eigenvalue weighted by molar-refractivity contribution is 6.10. The first-order valence-corrected chi connectivity index (χ1v) is 20.6. The number of aromatic nitrogens is 1. The van der Waals surface area contributed by atoms with Crippen LogP contribution in [0.15, 0.2) is 243 Å². The molecule has 11 aromatic rings. The Morgan fingerprint density at radius 3 is 1.52 bits per heavy atom. The van der Waals surface area contributed by atoms with E-state index >= 15 is 0 Å². The third-order valence-electron chi connectivity index (χ3n) is 11.8. The van der Waals surface area contributed by atoms with Crippen LogP contribution in [0.25, 0.3) is 82.8 Å². The lowest BCUT2D eigenvalue weighted by Gasteiger charge is -2.30. The van der Waals surface area contributed by atoms with Crippen molar-refractivity contribution in [2.75, 3.05) is 4.90 Å². The average molecular weight is 765 g/mol. The van der Waals surface area contributed by atoms with E-state index in [1.165, 1.54) is 66.0 Å². The Balaban J connectivity index is 1.06. The summed E-state index contributed by atoms with van der Waals surface area (Å²) in [5, 5.41) is 4.98. The van der Waals surface area contributed by atoms with E-state index in [2.05, 4.69) is 252 Å². The minimum absolute atomic E-state index is 1.08. The SMILES string of the molecule is c1ccc(-c2ccc(-c3ccccc3N(c3ccc(-c4cccc(-c5ccc6ccccc6c5)c4)cc3)c3ccccc3-n3c4ccccc4c4ccccc43)cc2)cc1. The zero-order valence-electron chi connectivity index (χ0n) is 33.0. The Bertz CT molecular complexity index is 3250. The van der Waals surface area contributed by atoms with Gasteiger partial charge in [-0.15, -0.1) is 0 Å². The van der Waals surface area contributed by atoms with Gasteiger partial charge in [-0.3, -0.25) is 0 Å². The summed E-state index contributed by atoms with van der Waals surface area (Å²) in [6.07, 6.45) is 0. The van der Waals surface area contributed by atoms with Crippen LogP contribution >= 0.6 is 0 Å². The van der Waals surface area contributed by atoms with Gasteiger partial charge in [-0.25, -0.2) is 0 Å². The van der Waals surface area contributed by atoms with E-state index in [0.29, 0.717) is 0 Å². The summed E-state index contributed by atoms with van der Waals surface area (Å²) in [5.74, 6) is 0. The number of benzene rings is 10. The number of anilines is 3. The summed E-state index contributed by atoms with van der Waals surface area (Å²) in [6, 6.07) is 87.9. The number of nitrogens with zero attached hydrogens (tertiary/aromatic N) is 2. The summed E-state index contributed by atoms with van der Waals surface area (Å²) in [7, 11) is 0. The molecular weight excluding hydrogens is 725 g/mol. The van der Waals surface area contributed by atoms with Gasteiger partial charge in [0.05, 0.1) is 28.1 Å². The van der Waals surface area contributed by atoms with E-state index in [0.717, 1.165) is 33.9 Å². The second kappa shape index (κ2) is 15.1. The van der Waals surface area contributed by atoms with Crippen LogP contribution in [-0.4, -0.2) is 4.57 Å². The van der Waals surface area contributed by atoms with E-state index in [1.54, 1.807) is 0 Å². The Hall–Kier alpha value is -7.94. The van der Waals surface area contributed by atoms with Crippen LogP contribution < -0.4 is 4.90 Å². The molecule has 0 bridgehead atoms. The molecule has 60 heavy (non-hydrogen) atoms. The molecule has 0 radical (unpaired) electrons. The molecule has 10 aromatic carbocycles. The van der Waals surface area contributed by atoms with Crippen molar-refractivity contribution >= 4 is 49.6 Å². The van der Waals surface area contributed by atoms with E-state index in [4.69, 9.17) is 0 Å². The molecule has 1 heterocycles. The molecule has 0 aliphatic heterocycles. The summed E-state index contributed by atoms with van der Waals surface area (Å²) in [5.41, 5.74) is 16.2. The van der Waals surface area contributed by atoms with Crippen LogP contribution in [0.4, 0.5) is 17.1 Å². The van der Waals surface area contributed by atoms with Gasteiger partial charge in [0.1, 0.15) is 0 Å². The predicted molar refractivity (Wildman–Crippen MR) is 255 cm³/mol. The van der Waals surface area contributed by atoms with Crippen molar-refractivity contribution in [2.24, 2.45) is 0 Å². The van der Waals surface area contributed by atoms with Gasteiger partial charge in [0, 0.05) is 22.0 Å². The van der Waals surface area contributed by atoms with E-state index < -0.39 is 0 Å². The standard InChI is InChI=1S/C58H40N2/c1-2-15-41(16-3-1)43-29-32-45(33-30-43)51-21-6-9-24-54(51)59(57-27-12-13-28-58(57)60-55-25-10-7-22-52(55)53-23-8-11-26-56(53)60)50-37-35-44(36-38-50)47-19-14-20-48(39-47)49-34-31-42-17-4-5-18-46(42)40-49/h1-40H. The molecule has 0 unspecified atom stereocenters. The maximum Gasteiger partial charge on any atom is 0.0702 e. The van der Waals surface area contributed by atoms with Gasteiger partial charge >= 0.3 is 0 Å². The van der Waals surface area contributed by atoms with Crippen LogP contribution in [-0.2, 0) is 0 Å². The lowest BCUT2D eigenvalue weighted by Crippen LogP contribution is -2.14. The Morgan fingerprint density at radius 1 is 0.283 bits per heavy atom. The van der Waals surface area contributed by atoms with Crippen molar-refractivity contribution in [1.82, 2.24) is 4.57 Å². The van der Waals surface area contributed by atoms with Gasteiger partial charge in [0.25, 0.3) is 0 Å². The van der Waals surface area contributed by atoms with E-state index in [9.17, 15) is 0 Å². The van der Waals surface area contributed by atoms with Crippen LogP contribution in [0.2, 0.25) is 0 Å².